The van der Waals surface area contributed by atoms with Crippen LogP contribution in [0.25, 0.3) is 5.57 Å². The van der Waals surface area contributed by atoms with Crippen LogP contribution in [0.4, 0.5) is 21.6 Å². The highest BCUT2D eigenvalue weighted by atomic mass is 32.2. The highest BCUT2D eigenvalue weighted by molar-refractivity contribution is 7.92. The Morgan fingerprint density at radius 1 is 1.18 bits per heavy atom. The Labute approximate surface area is 192 Å². The van der Waals surface area contributed by atoms with Crippen molar-refractivity contribution >= 4 is 32.8 Å². The molecule has 33 heavy (non-hydrogen) atoms. The number of allylic oxidation sites excluding steroid dienone is 2. The predicted molar refractivity (Wildman–Crippen MR) is 127 cm³/mol. The van der Waals surface area contributed by atoms with Crippen molar-refractivity contribution in [3.63, 3.8) is 0 Å². The van der Waals surface area contributed by atoms with Crippen molar-refractivity contribution < 1.29 is 12.8 Å². The molecule has 0 saturated carbocycles. The third-order valence-corrected chi connectivity index (χ3v) is 7.28. The topological polar surface area (TPSA) is 99.8 Å². The summed E-state index contributed by atoms with van der Waals surface area (Å²) in [6.07, 6.45) is 4.08. The number of benzene rings is 1. The fourth-order valence-electron chi connectivity index (χ4n) is 4.29. The first-order chi connectivity index (χ1) is 15.6. The van der Waals surface area contributed by atoms with Crippen molar-refractivity contribution in [3.8, 4) is 0 Å². The lowest BCUT2D eigenvalue weighted by Crippen LogP contribution is -2.13. The number of hydrogen-bond acceptors (Lipinski definition) is 5. The minimum atomic E-state index is -3.51. The Bertz CT molecular complexity index is 1370. The van der Waals surface area contributed by atoms with E-state index < -0.39 is 15.8 Å². The molecular weight excluding hydrogens is 441 g/mol. The molecule has 1 aliphatic carbocycles. The molecule has 2 aliphatic rings. The van der Waals surface area contributed by atoms with E-state index in [1.54, 1.807) is 6.07 Å². The van der Waals surface area contributed by atoms with E-state index in [0.29, 0.717) is 5.82 Å². The monoisotopic (exact) mass is 467 g/mol. The number of fused-ring (bicyclic) bond motifs is 1. The summed E-state index contributed by atoms with van der Waals surface area (Å²) in [4.78, 5) is 4.87. The lowest BCUT2D eigenvalue weighted by Gasteiger charge is -2.18. The Balaban J connectivity index is 1.34. The van der Waals surface area contributed by atoms with E-state index in [4.69, 9.17) is 4.98 Å². The summed E-state index contributed by atoms with van der Waals surface area (Å²) < 4.78 is 40.7. The molecule has 2 aromatic heterocycles. The minimum Gasteiger partial charge on any atom is -0.336 e. The van der Waals surface area contributed by atoms with Crippen molar-refractivity contribution in [2.24, 2.45) is 0 Å². The van der Waals surface area contributed by atoms with E-state index in [-0.39, 0.29) is 34.0 Å². The van der Waals surface area contributed by atoms with Crippen LogP contribution in [0.1, 0.15) is 62.2 Å². The van der Waals surface area contributed by atoms with Gasteiger partial charge in [-0.25, -0.2) is 12.8 Å². The van der Waals surface area contributed by atoms with Crippen LogP contribution in [0.2, 0.25) is 0 Å². The van der Waals surface area contributed by atoms with Crippen molar-refractivity contribution in [2.75, 3.05) is 10.0 Å². The number of nitrogens with zero attached hydrogens (tertiary/aromatic N) is 2. The number of nitrogens with one attached hydrogen (secondary N) is 3. The molecule has 9 heteroatoms. The Kier molecular flexibility index (Phi) is 5.04. The van der Waals surface area contributed by atoms with Crippen LogP contribution in [-0.4, -0.2) is 23.6 Å². The average molecular weight is 468 g/mol. The van der Waals surface area contributed by atoms with Crippen LogP contribution in [0.3, 0.4) is 0 Å². The van der Waals surface area contributed by atoms with Gasteiger partial charge in [0.2, 0.25) is 10.0 Å². The second-order valence-corrected chi connectivity index (χ2v) is 11.4. The number of rotatable bonds is 4. The molecule has 1 aromatic carbocycles. The van der Waals surface area contributed by atoms with Crippen LogP contribution in [0, 0.1) is 5.82 Å². The van der Waals surface area contributed by atoms with Gasteiger partial charge in [-0.15, -0.1) is 0 Å². The molecule has 1 aliphatic heterocycles. The molecule has 0 saturated heterocycles. The third-order valence-electron chi connectivity index (χ3n) is 6.08. The van der Waals surface area contributed by atoms with Crippen LogP contribution < -0.4 is 10.0 Å². The largest absolute Gasteiger partial charge is 0.336 e. The Morgan fingerprint density at radius 3 is 2.79 bits per heavy atom. The van der Waals surface area contributed by atoms with Crippen LogP contribution in [-0.2, 0) is 21.2 Å². The van der Waals surface area contributed by atoms with Gasteiger partial charge in [-0.1, -0.05) is 32.9 Å². The average Bonchev–Trinajstić information content (AvgIpc) is 3.47. The second-order valence-electron chi connectivity index (χ2n) is 9.64. The summed E-state index contributed by atoms with van der Waals surface area (Å²) in [7, 11) is -3.51. The van der Waals surface area contributed by atoms with E-state index in [2.05, 4.69) is 65.3 Å². The van der Waals surface area contributed by atoms with Gasteiger partial charge in [0.05, 0.1) is 22.8 Å². The maximum atomic E-state index is 14.8. The third kappa shape index (κ3) is 4.25. The first kappa shape index (κ1) is 21.6. The van der Waals surface area contributed by atoms with Crippen molar-refractivity contribution in [3.05, 3.63) is 70.9 Å². The Hall–Kier alpha value is -3.20. The fraction of sp³-hybridized carbons (Fsp3) is 0.333. The van der Waals surface area contributed by atoms with Crippen molar-refractivity contribution in [2.45, 2.75) is 50.7 Å². The molecule has 0 spiro atoms. The molecule has 0 fully saturated rings. The number of sulfonamides is 1. The predicted octanol–water partition coefficient (Wildman–Crippen LogP) is 5.20. The van der Waals surface area contributed by atoms with Gasteiger partial charge >= 0.3 is 0 Å². The molecule has 172 valence electrons. The van der Waals surface area contributed by atoms with Crippen molar-refractivity contribution in [1.82, 2.24) is 15.2 Å². The zero-order valence-electron chi connectivity index (χ0n) is 18.7. The van der Waals surface area contributed by atoms with Crippen LogP contribution in [0.5, 0.6) is 0 Å². The van der Waals surface area contributed by atoms with E-state index in [9.17, 15) is 12.8 Å². The van der Waals surface area contributed by atoms with Gasteiger partial charge in [0, 0.05) is 34.4 Å². The summed E-state index contributed by atoms with van der Waals surface area (Å²) in [6, 6.07) is 11.1. The molecule has 3 heterocycles. The fourth-order valence-corrected chi connectivity index (χ4v) is 5.55. The number of aromatic amines is 1. The number of halogens is 1. The molecular formula is C24H26FN5O2S. The summed E-state index contributed by atoms with van der Waals surface area (Å²) in [5.74, 6) is -0.302. The maximum absolute atomic E-state index is 14.8. The SMILES string of the molecule is CC(C)(C)c1cccc(C2=CC(c3cc(Nc4ccc5c(c4F)CS(=O)(=O)N5)n[nH]3)CC2)n1. The molecule has 3 N–H and O–H groups in total. The molecule has 0 radical (unpaired) electrons. The summed E-state index contributed by atoms with van der Waals surface area (Å²) in [5.41, 5.74) is 4.84. The quantitative estimate of drug-likeness (QED) is 0.490. The van der Waals surface area contributed by atoms with E-state index >= 15 is 0 Å². The standard InChI is InChI=1S/C24H26FN5O2S/c1-24(2,3)21-6-4-5-17(26-21)14-7-8-15(11-14)20-12-22(29-28-20)27-19-10-9-18-16(23(19)25)13-33(31,32)30-18/h4-6,9-12,15,30H,7-8,13H2,1-3H3,(H2,27,28,29). The van der Waals surface area contributed by atoms with Gasteiger partial charge in [0.1, 0.15) is 0 Å². The van der Waals surface area contributed by atoms with Crippen LogP contribution >= 0.6 is 0 Å². The molecule has 1 unspecified atom stereocenters. The Morgan fingerprint density at radius 2 is 2.00 bits per heavy atom. The van der Waals surface area contributed by atoms with Gasteiger partial charge < -0.3 is 5.32 Å². The molecule has 3 aromatic rings. The van der Waals surface area contributed by atoms with Crippen LogP contribution in [0.15, 0.2) is 42.5 Å². The number of anilines is 3. The molecule has 5 rings (SSSR count). The molecule has 0 amide bonds. The zero-order chi connectivity index (χ0) is 23.4. The second kappa shape index (κ2) is 7.69. The molecule has 7 nitrogen and oxygen atoms in total. The highest BCUT2D eigenvalue weighted by Crippen LogP contribution is 2.38. The maximum Gasteiger partial charge on any atom is 0.237 e. The number of pyridine rings is 1. The summed E-state index contributed by atoms with van der Waals surface area (Å²) in [6.45, 7) is 6.47. The minimum absolute atomic E-state index is 0.00833. The van der Waals surface area contributed by atoms with E-state index in [0.717, 1.165) is 29.9 Å². The lowest BCUT2D eigenvalue weighted by atomic mass is 9.91. The molecule has 0 bridgehead atoms. The van der Waals surface area contributed by atoms with Gasteiger partial charge in [-0.05, 0) is 42.7 Å². The first-order valence-corrected chi connectivity index (χ1v) is 12.6. The van der Waals surface area contributed by atoms with Gasteiger partial charge in [0.25, 0.3) is 0 Å². The summed E-state index contributed by atoms with van der Waals surface area (Å²) in [5, 5.41) is 10.3. The number of aromatic nitrogens is 3. The van der Waals surface area contributed by atoms with E-state index in [1.165, 1.54) is 11.6 Å². The normalized spacial score (nSPS) is 19.2. The van der Waals surface area contributed by atoms with Crippen molar-refractivity contribution in [1.29, 1.82) is 0 Å². The number of H-pyrrole nitrogens is 1. The van der Waals surface area contributed by atoms with E-state index in [1.807, 2.05) is 6.07 Å². The lowest BCUT2D eigenvalue weighted by molar-refractivity contribution is 0.568. The zero-order valence-corrected chi connectivity index (χ0v) is 19.6. The first-order valence-electron chi connectivity index (χ1n) is 10.9. The summed E-state index contributed by atoms with van der Waals surface area (Å²) >= 11 is 0. The molecule has 1 atom stereocenters. The van der Waals surface area contributed by atoms with Gasteiger partial charge in [-0.3, -0.25) is 14.8 Å². The smallest absolute Gasteiger partial charge is 0.237 e. The number of hydrogen-bond donors (Lipinski definition) is 3. The van der Waals surface area contributed by atoms with Gasteiger partial charge in [0.15, 0.2) is 11.6 Å². The highest BCUT2D eigenvalue weighted by Gasteiger charge is 2.28. The van der Waals surface area contributed by atoms with Gasteiger partial charge in [-0.2, -0.15) is 5.10 Å².